The standard InChI is InChI=1S/C4H3NO2/c6-5-4-1-2-7-3-4/h1-3H. The number of furan rings is 1. The van der Waals surface area contributed by atoms with Crippen molar-refractivity contribution in [3.05, 3.63) is 23.5 Å². The van der Waals surface area contributed by atoms with Gasteiger partial charge in [-0.2, -0.15) is 0 Å². The van der Waals surface area contributed by atoms with Gasteiger partial charge in [-0.3, -0.25) is 0 Å². The van der Waals surface area contributed by atoms with E-state index in [0.717, 1.165) is 0 Å². The van der Waals surface area contributed by atoms with Gasteiger partial charge in [0.05, 0.1) is 6.26 Å². The predicted molar refractivity (Wildman–Crippen MR) is 24.2 cm³/mol. The maximum atomic E-state index is 9.56. The van der Waals surface area contributed by atoms with Crippen molar-refractivity contribution in [3.8, 4) is 0 Å². The van der Waals surface area contributed by atoms with E-state index in [-0.39, 0.29) is 0 Å². The third-order valence-electron chi connectivity index (χ3n) is 0.612. The lowest BCUT2D eigenvalue weighted by Gasteiger charge is -1.63. The Morgan fingerprint density at radius 1 is 1.71 bits per heavy atom. The van der Waals surface area contributed by atoms with E-state index in [4.69, 9.17) is 0 Å². The minimum absolute atomic E-state index is 0.333. The summed E-state index contributed by atoms with van der Waals surface area (Å²) in [5.41, 5.74) is 0.333. The molecule has 0 atom stereocenters. The molecule has 3 nitrogen and oxygen atoms in total. The largest absolute Gasteiger partial charge is 0.470 e. The maximum Gasteiger partial charge on any atom is 0.146 e. The van der Waals surface area contributed by atoms with Gasteiger partial charge in [-0.25, -0.2) is 0 Å². The highest BCUT2D eigenvalue weighted by Crippen LogP contribution is 2.08. The normalized spacial score (nSPS) is 8.57. The van der Waals surface area contributed by atoms with E-state index in [1.807, 2.05) is 0 Å². The van der Waals surface area contributed by atoms with Crippen LogP contribution < -0.4 is 0 Å². The Morgan fingerprint density at radius 3 is 2.86 bits per heavy atom. The van der Waals surface area contributed by atoms with Crippen LogP contribution in [0.15, 0.2) is 28.2 Å². The van der Waals surface area contributed by atoms with Crippen molar-refractivity contribution in [2.45, 2.75) is 0 Å². The summed E-state index contributed by atoms with van der Waals surface area (Å²) < 4.78 is 4.51. The number of nitrogens with zero attached hydrogens (tertiary/aromatic N) is 1. The third kappa shape index (κ3) is 0.652. The van der Waals surface area contributed by atoms with E-state index in [1.165, 1.54) is 18.6 Å². The average Bonchev–Trinajstić information content (AvgIpc) is 2.14. The first-order chi connectivity index (χ1) is 3.43. The molecule has 0 N–H and O–H groups in total. The Morgan fingerprint density at radius 2 is 2.57 bits per heavy atom. The minimum atomic E-state index is 0.333. The van der Waals surface area contributed by atoms with Crippen LogP contribution in [0.25, 0.3) is 0 Å². The van der Waals surface area contributed by atoms with Crippen molar-refractivity contribution in [3.63, 3.8) is 0 Å². The van der Waals surface area contributed by atoms with E-state index < -0.39 is 0 Å². The van der Waals surface area contributed by atoms with Gasteiger partial charge in [-0.05, 0) is 5.18 Å². The van der Waals surface area contributed by atoms with Gasteiger partial charge in [-0.15, -0.1) is 4.91 Å². The molecule has 0 bridgehead atoms. The Hall–Kier alpha value is -1.12. The van der Waals surface area contributed by atoms with Crippen molar-refractivity contribution in [1.29, 1.82) is 0 Å². The average molecular weight is 97.1 g/mol. The second-order valence-corrected chi connectivity index (χ2v) is 1.07. The summed E-state index contributed by atoms with van der Waals surface area (Å²) in [6.07, 6.45) is 2.68. The Balaban J connectivity index is 2.96. The molecule has 0 unspecified atom stereocenters. The summed E-state index contributed by atoms with van der Waals surface area (Å²) in [7, 11) is 0. The first kappa shape index (κ1) is 4.05. The quantitative estimate of drug-likeness (QED) is 0.500. The van der Waals surface area contributed by atoms with E-state index in [0.29, 0.717) is 5.69 Å². The molecule has 3 heteroatoms. The van der Waals surface area contributed by atoms with Crippen molar-refractivity contribution in [1.82, 2.24) is 0 Å². The monoisotopic (exact) mass is 97.0 g/mol. The molecular weight excluding hydrogens is 94.0 g/mol. The summed E-state index contributed by atoms with van der Waals surface area (Å²) in [6, 6.07) is 1.49. The number of nitroso groups, excluding NO2 is 1. The number of rotatable bonds is 1. The van der Waals surface area contributed by atoms with Gasteiger partial charge in [0.25, 0.3) is 0 Å². The SMILES string of the molecule is O=Nc1ccoc1. The fourth-order valence-corrected chi connectivity index (χ4v) is 0.309. The lowest BCUT2D eigenvalue weighted by atomic mass is 10.6. The molecule has 36 valence electrons. The molecular formula is C4H3NO2. The molecule has 0 radical (unpaired) electrons. The Labute approximate surface area is 39.9 Å². The highest BCUT2D eigenvalue weighted by atomic mass is 16.3. The van der Waals surface area contributed by atoms with Crippen molar-refractivity contribution in [2.24, 2.45) is 5.18 Å². The molecule has 0 aliphatic rings. The summed E-state index contributed by atoms with van der Waals surface area (Å²) in [5.74, 6) is 0. The van der Waals surface area contributed by atoms with Crippen LogP contribution in [0.3, 0.4) is 0 Å². The lowest BCUT2D eigenvalue weighted by molar-refractivity contribution is 0.568. The minimum Gasteiger partial charge on any atom is -0.470 e. The second kappa shape index (κ2) is 1.55. The van der Waals surface area contributed by atoms with Gasteiger partial charge >= 0.3 is 0 Å². The number of hydrogen-bond acceptors (Lipinski definition) is 3. The van der Waals surface area contributed by atoms with E-state index in [9.17, 15) is 4.91 Å². The van der Waals surface area contributed by atoms with Crippen LogP contribution >= 0.6 is 0 Å². The van der Waals surface area contributed by atoms with E-state index in [1.54, 1.807) is 0 Å². The highest BCUT2D eigenvalue weighted by Gasteiger charge is 1.85. The van der Waals surface area contributed by atoms with Crippen LogP contribution in [0.5, 0.6) is 0 Å². The van der Waals surface area contributed by atoms with Crippen molar-refractivity contribution < 1.29 is 4.42 Å². The molecule has 1 heterocycles. The Kier molecular flexibility index (Phi) is 0.898. The van der Waals surface area contributed by atoms with Crippen LogP contribution in [-0.2, 0) is 0 Å². The molecule has 0 saturated carbocycles. The van der Waals surface area contributed by atoms with Crippen LogP contribution in [-0.4, -0.2) is 0 Å². The van der Waals surface area contributed by atoms with Gasteiger partial charge in [0.2, 0.25) is 0 Å². The second-order valence-electron chi connectivity index (χ2n) is 1.07. The van der Waals surface area contributed by atoms with Crippen molar-refractivity contribution in [2.75, 3.05) is 0 Å². The maximum absolute atomic E-state index is 9.56. The molecule has 0 aromatic carbocycles. The van der Waals surface area contributed by atoms with Gasteiger partial charge in [-0.1, -0.05) is 0 Å². The summed E-state index contributed by atoms with van der Waals surface area (Å²) in [5, 5.41) is 2.59. The molecule has 0 saturated heterocycles. The third-order valence-corrected chi connectivity index (χ3v) is 0.612. The van der Waals surface area contributed by atoms with Crippen LogP contribution in [0.1, 0.15) is 0 Å². The van der Waals surface area contributed by atoms with Gasteiger partial charge < -0.3 is 4.42 Å². The van der Waals surface area contributed by atoms with Crippen LogP contribution in [0.2, 0.25) is 0 Å². The smallest absolute Gasteiger partial charge is 0.146 e. The zero-order valence-corrected chi connectivity index (χ0v) is 3.50. The van der Waals surface area contributed by atoms with Crippen molar-refractivity contribution >= 4 is 5.69 Å². The molecule has 0 amide bonds. The topological polar surface area (TPSA) is 42.6 Å². The van der Waals surface area contributed by atoms with Crippen LogP contribution in [0.4, 0.5) is 5.69 Å². The molecule has 0 spiro atoms. The molecule has 0 aliphatic carbocycles. The summed E-state index contributed by atoms with van der Waals surface area (Å²) in [4.78, 5) is 9.56. The number of hydrogen-bond donors (Lipinski definition) is 0. The molecule has 1 rings (SSSR count). The van der Waals surface area contributed by atoms with E-state index in [2.05, 4.69) is 9.59 Å². The van der Waals surface area contributed by atoms with Gasteiger partial charge in [0.15, 0.2) is 0 Å². The first-order valence-corrected chi connectivity index (χ1v) is 1.79. The zero-order chi connectivity index (χ0) is 5.11. The lowest BCUT2D eigenvalue weighted by Crippen LogP contribution is -1.40. The van der Waals surface area contributed by atoms with Gasteiger partial charge in [0, 0.05) is 6.07 Å². The zero-order valence-electron chi connectivity index (χ0n) is 3.50. The molecule has 1 aromatic rings. The summed E-state index contributed by atoms with van der Waals surface area (Å²) >= 11 is 0. The fourth-order valence-electron chi connectivity index (χ4n) is 0.309. The highest BCUT2D eigenvalue weighted by molar-refractivity contribution is 5.29. The Bertz CT molecular complexity index is 145. The molecule has 1 aromatic heterocycles. The molecule has 0 fully saturated rings. The molecule has 7 heavy (non-hydrogen) atoms. The fraction of sp³-hybridized carbons (Fsp3) is 0. The first-order valence-electron chi connectivity index (χ1n) is 1.79. The van der Waals surface area contributed by atoms with Crippen LogP contribution in [0, 0.1) is 4.91 Å². The van der Waals surface area contributed by atoms with E-state index >= 15 is 0 Å². The van der Waals surface area contributed by atoms with Gasteiger partial charge in [0.1, 0.15) is 12.0 Å². The predicted octanol–water partition coefficient (Wildman–Crippen LogP) is 1.68. The molecule has 0 aliphatic heterocycles. The summed E-state index contributed by atoms with van der Waals surface area (Å²) in [6.45, 7) is 0.